The van der Waals surface area contributed by atoms with E-state index in [1.807, 2.05) is 47.8 Å². The molecule has 0 unspecified atom stereocenters. The number of para-hydroxylation sites is 1. The summed E-state index contributed by atoms with van der Waals surface area (Å²) in [6, 6.07) is 28.8. The van der Waals surface area contributed by atoms with E-state index in [1.54, 1.807) is 6.20 Å². The number of rotatable bonds is 5. The molecule has 0 amide bonds. The number of halogens is 1. The molecule has 1 aromatic heterocycles. The zero-order valence-electron chi connectivity index (χ0n) is 15.3. The highest BCUT2D eigenvalue weighted by atomic mass is 127. The molecule has 0 aliphatic rings. The van der Waals surface area contributed by atoms with Gasteiger partial charge in [-0.05, 0) is 45.9 Å². The minimum atomic E-state index is 0.516. The number of benzene rings is 3. The lowest BCUT2D eigenvalue weighted by molar-refractivity contribution is 1.36. The molecule has 29 heavy (non-hydrogen) atoms. The highest BCUT2D eigenvalue weighted by molar-refractivity contribution is 14.1. The van der Waals surface area contributed by atoms with Crippen LogP contribution in [0.25, 0.3) is 28.0 Å². The normalized spacial score (nSPS) is 11.1. The van der Waals surface area contributed by atoms with Crippen LogP contribution in [0.1, 0.15) is 5.01 Å². The molecule has 4 aromatic rings. The fraction of sp³-hybridized carbons (Fsp3) is 0. The van der Waals surface area contributed by atoms with Gasteiger partial charge in [-0.3, -0.25) is 0 Å². The Morgan fingerprint density at radius 1 is 0.897 bits per heavy atom. The smallest absolute Gasteiger partial charge is 0.136 e. The second-order valence-electron chi connectivity index (χ2n) is 6.28. The summed E-state index contributed by atoms with van der Waals surface area (Å²) in [5.41, 5.74) is 5.75. The molecule has 1 N–H and O–H groups in total. The Kier molecular flexibility index (Phi) is 6.03. The summed E-state index contributed by atoms with van der Waals surface area (Å²) in [4.78, 5) is 4.67. The van der Waals surface area contributed by atoms with Crippen molar-refractivity contribution >= 4 is 45.2 Å². The van der Waals surface area contributed by atoms with Crippen molar-refractivity contribution in [2.24, 2.45) is 0 Å². The van der Waals surface area contributed by atoms with E-state index in [-0.39, 0.29) is 0 Å². The van der Waals surface area contributed by atoms with Crippen LogP contribution < -0.4 is 5.32 Å². The number of hydrogen-bond donors (Lipinski definition) is 1. The van der Waals surface area contributed by atoms with Gasteiger partial charge in [-0.2, -0.15) is 5.26 Å². The number of nitrogens with zero attached hydrogens (tertiary/aromatic N) is 2. The Morgan fingerprint density at radius 3 is 2.28 bits per heavy atom. The van der Waals surface area contributed by atoms with Crippen molar-refractivity contribution < 1.29 is 0 Å². The molecule has 0 spiro atoms. The lowest BCUT2D eigenvalue weighted by Gasteiger charge is -2.04. The molecule has 0 fully saturated rings. The summed E-state index contributed by atoms with van der Waals surface area (Å²) in [5.74, 6) is 0. The molecule has 0 atom stereocenters. The topological polar surface area (TPSA) is 48.7 Å². The maximum absolute atomic E-state index is 9.58. The van der Waals surface area contributed by atoms with E-state index in [0.29, 0.717) is 10.6 Å². The van der Waals surface area contributed by atoms with Gasteiger partial charge in [-0.25, -0.2) is 4.98 Å². The fourth-order valence-corrected chi connectivity index (χ4v) is 4.20. The van der Waals surface area contributed by atoms with Gasteiger partial charge >= 0.3 is 0 Å². The minimum Gasteiger partial charge on any atom is -0.359 e. The van der Waals surface area contributed by atoms with Crippen molar-refractivity contribution in [3.05, 3.63) is 99.0 Å². The predicted octanol–water partition coefficient (Wildman–Crippen LogP) is 7.06. The summed E-state index contributed by atoms with van der Waals surface area (Å²) in [7, 11) is 0. The number of aromatic nitrogens is 1. The SMILES string of the molecule is N#CC(=CNc1ccccc1I)c1nc(-c2ccc(-c3ccccc3)cc2)cs1. The van der Waals surface area contributed by atoms with Gasteiger partial charge in [-0.15, -0.1) is 11.3 Å². The van der Waals surface area contributed by atoms with Gasteiger partial charge in [0.05, 0.1) is 11.4 Å². The fourth-order valence-electron chi connectivity index (χ4n) is 2.86. The molecule has 0 radical (unpaired) electrons. The van der Waals surface area contributed by atoms with Gasteiger partial charge in [0.15, 0.2) is 0 Å². The van der Waals surface area contributed by atoms with Gasteiger partial charge in [0.2, 0.25) is 0 Å². The Bertz CT molecular complexity index is 1190. The van der Waals surface area contributed by atoms with Crippen LogP contribution in [0.4, 0.5) is 5.69 Å². The molecule has 0 saturated heterocycles. The average Bonchev–Trinajstić information content (AvgIpc) is 3.26. The Morgan fingerprint density at radius 2 is 1.55 bits per heavy atom. The summed E-state index contributed by atoms with van der Waals surface area (Å²) >= 11 is 3.74. The second-order valence-corrected chi connectivity index (χ2v) is 8.30. The third-order valence-electron chi connectivity index (χ3n) is 4.39. The summed E-state index contributed by atoms with van der Waals surface area (Å²) < 4.78 is 1.09. The lowest BCUT2D eigenvalue weighted by Crippen LogP contribution is -1.93. The number of nitrogens with one attached hydrogen (secondary N) is 1. The standard InChI is InChI=1S/C24H16IN3S/c25-21-8-4-5-9-22(21)27-15-20(14-26)24-28-23(16-29-24)19-12-10-18(11-13-19)17-6-2-1-3-7-17/h1-13,15-16,27H. The van der Waals surface area contributed by atoms with Gasteiger partial charge in [0.25, 0.3) is 0 Å². The minimum absolute atomic E-state index is 0.516. The van der Waals surface area contributed by atoms with Gasteiger partial charge in [-0.1, -0.05) is 66.7 Å². The van der Waals surface area contributed by atoms with Crippen LogP contribution >= 0.6 is 33.9 Å². The number of hydrogen-bond acceptors (Lipinski definition) is 4. The first-order valence-electron chi connectivity index (χ1n) is 8.98. The summed E-state index contributed by atoms with van der Waals surface area (Å²) in [5, 5.41) is 15.5. The van der Waals surface area contributed by atoms with E-state index < -0.39 is 0 Å². The van der Waals surface area contributed by atoms with Gasteiger partial charge < -0.3 is 5.32 Å². The van der Waals surface area contributed by atoms with Crippen molar-refractivity contribution in [3.8, 4) is 28.5 Å². The molecule has 0 aliphatic heterocycles. The highest BCUT2D eigenvalue weighted by Gasteiger charge is 2.09. The molecule has 1 heterocycles. The maximum Gasteiger partial charge on any atom is 0.136 e. The average molecular weight is 505 g/mol. The van der Waals surface area contributed by atoms with Crippen molar-refractivity contribution in [1.82, 2.24) is 4.98 Å². The largest absolute Gasteiger partial charge is 0.359 e. The van der Waals surface area contributed by atoms with Crippen molar-refractivity contribution in [2.45, 2.75) is 0 Å². The van der Waals surface area contributed by atoms with Crippen molar-refractivity contribution in [3.63, 3.8) is 0 Å². The van der Waals surface area contributed by atoms with E-state index >= 15 is 0 Å². The molecule has 5 heteroatoms. The lowest BCUT2D eigenvalue weighted by atomic mass is 10.0. The van der Waals surface area contributed by atoms with Crippen LogP contribution in [0.5, 0.6) is 0 Å². The second kappa shape index (κ2) is 9.03. The maximum atomic E-state index is 9.58. The Balaban J connectivity index is 1.55. The quantitative estimate of drug-likeness (QED) is 0.233. The monoisotopic (exact) mass is 505 g/mol. The van der Waals surface area contributed by atoms with E-state index in [0.717, 1.165) is 20.5 Å². The third kappa shape index (κ3) is 4.56. The van der Waals surface area contributed by atoms with Crippen LogP contribution in [0.3, 0.4) is 0 Å². The van der Waals surface area contributed by atoms with Crippen LogP contribution in [-0.4, -0.2) is 4.98 Å². The number of nitriles is 1. The van der Waals surface area contributed by atoms with E-state index in [9.17, 15) is 5.26 Å². The molecule has 4 rings (SSSR count). The summed E-state index contributed by atoms with van der Waals surface area (Å²) in [6.45, 7) is 0. The highest BCUT2D eigenvalue weighted by Crippen LogP contribution is 2.28. The van der Waals surface area contributed by atoms with Crippen LogP contribution in [0.2, 0.25) is 0 Å². The zero-order valence-corrected chi connectivity index (χ0v) is 18.3. The first kappa shape index (κ1) is 19.4. The zero-order chi connectivity index (χ0) is 20.1. The predicted molar refractivity (Wildman–Crippen MR) is 129 cm³/mol. The van der Waals surface area contributed by atoms with Crippen molar-refractivity contribution in [1.29, 1.82) is 5.26 Å². The van der Waals surface area contributed by atoms with Crippen LogP contribution in [0, 0.1) is 14.9 Å². The molecule has 0 saturated carbocycles. The number of thiazole rings is 1. The molecule has 140 valence electrons. The molecular formula is C24H16IN3S. The van der Waals surface area contributed by atoms with Crippen LogP contribution in [0.15, 0.2) is 90.4 Å². The van der Waals surface area contributed by atoms with Crippen LogP contribution in [-0.2, 0) is 0 Å². The Labute approximate surface area is 187 Å². The van der Waals surface area contributed by atoms with E-state index in [4.69, 9.17) is 0 Å². The van der Waals surface area contributed by atoms with Gasteiger partial charge in [0, 0.05) is 20.7 Å². The third-order valence-corrected chi connectivity index (χ3v) is 6.20. The molecular weight excluding hydrogens is 489 g/mol. The molecule has 3 aromatic carbocycles. The first-order chi connectivity index (χ1) is 14.2. The van der Waals surface area contributed by atoms with E-state index in [2.05, 4.69) is 75.4 Å². The Hall–Kier alpha value is -2.95. The van der Waals surface area contributed by atoms with E-state index in [1.165, 1.54) is 22.5 Å². The number of allylic oxidation sites excluding steroid dienone is 1. The molecule has 0 aliphatic carbocycles. The number of anilines is 1. The van der Waals surface area contributed by atoms with Crippen molar-refractivity contribution in [2.75, 3.05) is 5.32 Å². The first-order valence-corrected chi connectivity index (χ1v) is 10.9. The molecule has 3 nitrogen and oxygen atoms in total. The molecule has 0 bridgehead atoms. The van der Waals surface area contributed by atoms with Gasteiger partial charge in [0.1, 0.15) is 16.6 Å². The summed E-state index contributed by atoms with van der Waals surface area (Å²) in [6.07, 6.45) is 1.72.